The second kappa shape index (κ2) is 9.83. The van der Waals surface area contributed by atoms with E-state index < -0.39 is 55.6 Å². The van der Waals surface area contributed by atoms with Gasteiger partial charge in [-0.25, -0.2) is 8.98 Å². The molecule has 2 saturated heterocycles. The van der Waals surface area contributed by atoms with E-state index in [9.17, 15) is 31.2 Å². The number of carbonyl (C=O) groups is 2. The third-order valence-electron chi connectivity index (χ3n) is 4.61. The topological polar surface area (TPSA) is 108 Å². The van der Waals surface area contributed by atoms with Crippen LogP contribution in [0.5, 0.6) is 0 Å². The summed E-state index contributed by atoms with van der Waals surface area (Å²) in [5, 5.41) is -1.35. The van der Waals surface area contributed by atoms with Crippen LogP contribution in [0, 0.1) is 11.8 Å². The van der Waals surface area contributed by atoms with Crippen molar-refractivity contribution < 1.29 is 49.6 Å². The van der Waals surface area contributed by atoms with Crippen LogP contribution in [-0.4, -0.2) is 78.6 Å². The van der Waals surface area contributed by atoms with Gasteiger partial charge in [-0.05, 0) is 39.5 Å². The number of halogens is 3. The Labute approximate surface area is 194 Å². The standard InChI is InChI=1S/C19H24F3NO8S2/c1-6-11-30-14(24)13-17(4,5)32-16-18(15(25)23(13)16,31-33(26,27)19(20,21)22)10-9-12(28-7-2)29-8-3/h6,12-13,16H,1,7-8,11H2,2-5H3/t13-,16+,18+/m0/s1. The predicted molar refractivity (Wildman–Crippen MR) is 111 cm³/mol. The number of thioether (sulfide) groups is 1. The minimum atomic E-state index is -6.22. The number of β-lactam (4-membered cyclic amide) rings is 1. The molecule has 0 aromatic carbocycles. The summed E-state index contributed by atoms with van der Waals surface area (Å²) >= 11 is 0.865. The maximum atomic E-state index is 13.1. The number of fused-ring (bicyclic) bond motifs is 1. The maximum absolute atomic E-state index is 13.1. The Kier molecular flexibility index (Phi) is 8.18. The fourth-order valence-electron chi connectivity index (χ4n) is 3.26. The summed E-state index contributed by atoms with van der Waals surface area (Å²) in [5.41, 5.74) is -8.54. The molecular formula is C19H24F3NO8S2. The molecule has 0 unspecified atom stereocenters. The molecule has 2 heterocycles. The molecule has 0 aliphatic carbocycles. The lowest BCUT2D eigenvalue weighted by Crippen LogP contribution is -2.74. The molecule has 2 aliphatic heterocycles. The third kappa shape index (κ3) is 5.17. The van der Waals surface area contributed by atoms with Crippen molar-refractivity contribution in [1.82, 2.24) is 4.90 Å². The first kappa shape index (κ1) is 27.5. The van der Waals surface area contributed by atoms with Gasteiger partial charge in [0.15, 0.2) is 0 Å². The molecule has 14 heteroatoms. The number of amides is 1. The Morgan fingerprint density at radius 2 is 1.88 bits per heavy atom. The van der Waals surface area contributed by atoms with Crippen LogP contribution in [0.3, 0.4) is 0 Å². The molecule has 3 atom stereocenters. The minimum Gasteiger partial charge on any atom is -0.460 e. The van der Waals surface area contributed by atoms with Gasteiger partial charge in [-0.2, -0.15) is 21.6 Å². The molecule has 0 radical (unpaired) electrons. The first-order valence-electron chi connectivity index (χ1n) is 9.74. The molecular weight excluding hydrogens is 491 g/mol. The van der Waals surface area contributed by atoms with Crippen molar-refractivity contribution in [1.29, 1.82) is 0 Å². The number of rotatable bonds is 9. The normalized spacial score (nSPS) is 26.3. The van der Waals surface area contributed by atoms with Crippen molar-refractivity contribution in [3.63, 3.8) is 0 Å². The van der Waals surface area contributed by atoms with Gasteiger partial charge in [-0.15, -0.1) is 11.8 Å². The molecule has 0 aromatic rings. The number of alkyl halides is 3. The van der Waals surface area contributed by atoms with Crippen LogP contribution >= 0.6 is 11.8 Å². The van der Waals surface area contributed by atoms with Crippen molar-refractivity contribution in [3.8, 4) is 11.8 Å². The smallest absolute Gasteiger partial charge is 0.460 e. The third-order valence-corrected chi connectivity index (χ3v) is 7.27. The van der Waals surface area contributed by atoms with Gasteiger partial charge in [0.05, 0.1) is 0 Å². The Bertz CT molecular complexity index is 950. The van der Waals surface area contributed by atoms with E-state index in [1.807, 2.05) is 0 Å². The van der Waals surface area contributed by atoms with E-state index in [1.165, 1.54) is 6.08 Å². The lowest BCUT2D eigenvalue weighted by Gasteiger charge is -2.48. The summed E-state index contributed by atoms with van der Waals surface area (Å²) in [7, 11) is -6.22. The van der Waals surface area contributed by atoms with Crippen LogP contribution in [0.1, 0.15) is 27.7 Å². The highest BCUT2D eigenvalue weighted by molar-refractivity contribution is 8.01. The van der Waals surface area contributed by atoms with Crippen LogP contribution in [0.25, 0.3) is 0 Å². The van der Waals surface area contributed by atoms with Gasteiger partial charge in [0.2, 0.25) is 6.29 Å². The highest BCUT2D eigenvalue weighted by atomic mass is 32.2. The molecule has 33 heavy (non-hydrogen) atoms. The van der Waals surface area contributed by atoms with Crippen LogP contribution in [0.4, 0.5) is 13.2 Å². The minimum absolute atomic E-state index is 0.122. The second-order valence-corrected chi connectivity index (χ2v) is 10.6. The fourth-order valence-corrected chi connectivity index (χ4v) is 5.59. The quantitative estimate of drug-likeness (QED) is 0.0864. The number of esters is 1. The molecule has 2 fully saturated rings. The molecule has 0 saturated carbocycles. The summed E-state index contributed by atoms with van der Waals surface area (Å²) < 4.78 is 81.8. The number of nitrogens with zero attached hydrogens (tertiary/aromatic N) is 1. The molecule has 0 N–H and O–H groups in total. The zero-order valence-electron chi connectivity index (χ0n) is 18.3. The molecule has 0 aromatic heterocycles. The highest BCUT2D eigenvalue weighted by Gasteiger charge is 2.75. The van der Waals surface area contributed by atoms with E-state index in [0.717, 1.165) is 16.7 Å². The van der Waals surface area contributed by atoms with Gasteiger partial charge in [-0.3, -0.25) is 4.79 Å². The van der Waals surface area contributed by atoms with Crippen molar-refractivity contribution in [2.24, 2.45) is 0 Å². The van der Waals surface area contributed by atoms with Crippen LogP contribution in [0.15, 0.2) is 12.7 Å². The Morgan fingerprint density at radius 1 is 1.30 bits per heavy atom. The van der Waals surface area contributed by atoms with Gasteiger partial charge < -0.3 is 19.1 Å². The van der Waals surface area contributed by atoms with Crippen molar-refractivity contribution in [2.45, 2.75) is 61.3 Å². The lowest BCUT2D eigenvalue weighted by atomic mass is 9.88. The van der Waals surface area contributed by atoms with E-state index in [4.69, 9.17) is 14.2 Å². The summed E-state index contributed by atoms with van der Waals surface area (Å²) in [6, 6.07) is -1.22. The van der Waals surface area contributed by atoms with E-state index in [-0.39, 0.29) is 19.8 Å². The summed E-state index contributed by atoms with van der Waals surface area (Å²) in [6.45, 7) is 9.84. The molecule has 0 spiro atoms. The van der Waals surface area contributed by atoms with Crippen LogP contribution < -0.4 is 0 Å². The molecule has 186 valence electrons. The summed E-state index contributed by atoms with van der Waals surface area (Å²) in [4.78, 5) is 26.6. The fraction of sp³-hybridized carbons (Fsp3) is 0.684. The van der Waals surface area contributed by atoms with Gasteiger partial charge in [0.1, 0.15) is 18.0 Å². The SMILES string of the molecule is C=CCOC(=O)[C@@H]1N2C(=O)[C@@](C#CC(OCC)OCC)(OS(=O)(=O)C(F)(F)F)[C@H]2SC1(C)C. The number of hydrogen-bond donors (Lipinski definition) is 0. The predicted octanol–water partition coefficient (Wildman–Crippen LogP) is 1.79. The van der Waals surface area contributed by atoms with Gasteiger partial charge >= 0.3 is 21.6 Å². The Hall–Kier alpha value is -1.79. The number of hydrogen-bond acceptors (Lipinski definition) is 9. The molecule has 2 aliphatic rings. The zero-order chi connectivity index (χ0) is 25.2. The molecule has 1 amide bonds. The monoisotopic (exact) mass is 515 g/mol. The average Bonchev–Trinajstić information content (AvgIpc) is 2.97. The highest BCUT2D eigenvalue weighted by Crippen LogP contribution is 2.57. The van der Waals surface area contributed by atoms with E-state index in [2.05, 4.69) is 22.6 Å². The zero-order valence-corrected chi connectivity index (χ0v) is 19.9. The average molecular weight is 516 g/mol. The van der Waals surface area contributed by atoms with Gasteiger partial charge in [-0.1, -0.05) is 12.7 Å². The van der Waals surface area contributed by atoms with Crippen molar-refractivity contribution in [2.75, 3.05) is 19.8 Å². The summed E-state index contributed by atoms with van der Waals surface area (Å²) in [6.07, 6.45) is 0.0578. The van der Waals surface area contributed by atoms with E-state index in [0.29, 0.717) is 0 Å². The molecule has 2 rings (SSSR count). The maximum Gasteiger partial charge on any atom is 0.523 e. The molecule has 0 bridgehead atoms. The van der Waals surface area contributed by atoms with Crippen LogP contribution in [-0.2, 0) is 38.1 Å². The Balaban J connectivity index is 2.54. The van der Waals surface area contributed by atoms with E-state index in [1.54, 1.807) is 27.7 Å². The number of ether oxygens (including phenoxy) is 3. The lowest BCUT2D eigenvalue weighted by molar-refractivity contribution is -0.178. The first-order valence-corrected chi connectivity index (χ1v) is 12.0. The van der Waals surface area contributed by atoms with Gasteiger partial charge in [0, 0.05) is 18.0 Å². The van der Waals surface area contributed by atoms with Gasteiger partial charge in [0.25, 0.3) is 11.5 Å². The summed E-state index contributed by atoms with van der Waals surface area (Å²) in [5.74, 6) is 2.50. The Morgan fingerprint density at radius 3 is 2.36 bits per heavy atom. The largest absolute Gasteiger partial charge is 0.523 e. The molecule has 9 nitrogen and oxygen atoms in total. The van der Waals surface area contributed by atoms with Crippen molar-refractivity contribution in [3.05, 3.63) is 12.7 Å². The first-order chi connectivity index (χ1) is 15.2. The van der Waals surface area contributed by atoms with Crippen molar-refractivity contribution >= 4 is 33.8 Å². The van der Waals surface area contributed by atoms with E-state index >= 15 is 0 Å². The second-order valence-electron chi connectivity index (χ2n) is 7.34. The number of carbonyl (C=O) groups excluding carboxylic acids is 2. The van der Waals surface area contributed by atoms with Crippen LogP contribution in [0.2, 0.25) is 0 Å².